The Morgan fingerprint density at radius 3 is 2.17 bits per heavy atom. The Kier molecular flexibility index (Phi) is 4.54. The summed E-state index contributed by atoms with van der Waals surface area (Å²) >= 11 is 0. The van der Waals surface area contributed by atoms with Crippen LogP contribution in [0.5, 0.6) is 0 Å². The van der Waals surface area contributed by atoms with Gasteiger partial charge in [0, 0.05) is 18.0 Å². The Morgan fingerprint density at radius 1 is 1.06 bits per heavy atom. The average molecular weight is 273 g/mol. The summed E-state index contributed by atoms with van der Waals surface area (Å²) < 4.78 is 0. The molecule has 3 aliphatic rings. The van der Waals surface area contributed by atoms with E-state index in [-0.39, 0.29) is 24.4 Å². The topological polar surface area (TPSA) is 55.1 Å². The molecule has 0 saturated heterocycles. The highest BCUT2D eigenvalue weighted by atomic mass is 35.5. The van der Waals surface area contributed by atoms with Gasteiger partial charge < -0.3 is 11.1 Å². The minimum absolute atomic E-state index is 0. The number of amides is 1. The first kappa shape index (κ1) is 14.1. The highest BCUT2D eigenvalue weighted by molar-refractivity contribution is 5.85. The molecule has 0 aromatic rings. The number of carbonyl (C=O) groups is 1. The molecule has 3 nitrogen and oxygen atoms in total. The molecule has 0 aromatic carbocycles. The molecule has 3 rings (SSSR count). The van der Waals surface area contributed by atoms with Crippen molar-refractivity contribution in [1.29, 1.82) is 0 Å². The van der Waals surface area contributed by atoms with Crippen molar-refractivity contribution < 1.29 is 4.79 Å². The zero-order valence-electron chi connectivity index (χ0n) is 10.9. The number of rotatable bonds is 4. The van der Waals surface area contributed by atoms with E-state index in [2.05, 4.69) is 5.32 Å². The molecule has 2 unspecified atom stereocenters. The van der Waals surface area contributed by atoms with Crippen LogP contribution in [0.15, 0.2) is 0 Å². The molecule has 0 spiro atoms. The molecule has 0 heterocycles. The van der Waals surface area contributed by atoms with Gasteiger partial charge in [-0.05, 0) is 56.8 Å². The standard InChI is InChI=1S/C14H24N2O.ClH/c15-12-3-1-2-11(8-12)14(17)16-13(9-4-5-9)10-6-7-10;/h9-13H,1-8,15H2,(H,16,17);1H. The van der Waals surface area contributed by atoms with E-state index in [4.69, 9.17) is 5.73 Å². The summed E-state index contributed by atoms with van der Waals surface area (Å²) in [5.41, 5.74) is 5.96. The monoisotopic (exact) mass is 272 g/mol. The van der Waals surface area contributed by atoms with Gasteiger partial charge in [0.1, 0.15) is 0 Å². The van der Waals surface area contributed by atoms with Gasteiger partial charge in [0.15, 0.2) is 0 Å². The van der Waals surface area contributed by atoms with Crippen LogP contribution < -0.4 is 11.1 Å². The highest BCUT2D eigenvalue weighted by Gasteiger charge is 2.43. The highest BCUT2D eigenvalue weighted by Crippen LogP contribution is 2.44. The Hall–Kier alpha value is -0.280. The van der Waals surface area contributed by atoms with Gasteiger partial charge in [-0.15, -0.1) is 12.4 Å². The van der Waals surface area contributed by atoms with Gasteiger partial charge in [0.2, 0.25) is 5.91 Å². The van der Waals surface area contributed by atoms with E-state index in [0.717, 1.165) is 37.5 Å². The number of nitrogens with two attached hydrogens (primary N) is 1. The number of halogens is 1. The summed E-state index contributed by atoms with van der Waals surface area (Å²) in [6.07, 6.45) is 9.46. The lowest BCUT2D eigenvalue weighted by atomic mass is 9.85. The Bertz CT molecular complexity index is 290. The molecule has 3 N–H and O–H groups in total. The van der Waals surface area contributed by atoms with Crippen LogP contribution in [0.1, 0.15) is 51.4 Å². The second-order valence-electron chi connectivity index (χ2n) is 6.33. The van der Waals surface area contributed by atoms with Crippen LogP contribution in [0.3, 0.4) is 0 Å². The van der Waals surface area contributed by atoms with Crippen molar-refractivity contribution in [3.8, 4) is 0 Å². The van der Waals surface area contributed by atoms with Crippen molar-refractivity contribution in [2.45, 2.75) is 63.5 Å². The van der Waals surface area contributed by atoms with E-state index in [0.29, 0.717) is 11.9 Å². The first-order valence-corrected chi connectivity index (χ1v) is 7.30. The predicted molar refractivity (Wildman–Crippen MR) is 74.6 cm³/mol. The van der Waals surface area contributed by atoms with Gasteiger partial charge in [0.25, 0.3) is 0 Å². The number of carbonyl (C=O) groups excluding carboxylic acids is 1. The van der Waals surface area contributed by atoms with Gasteiger partial charge in [-0.1, -0.05) is 6.42 Å². The summed E-state index contributed by atoms with van der Waals surface area (Å²) in [6.45, 7) is 0. The average Bonchev–Trinajstić information content (AvgIpc) is 3.16. The molecule has 0 radical (unpaired) electrons. The quantitative estimate of drug-likeness (QED) is 0.825. The number of hydrogen-bond acceptors (Lipinski definition) is 2. The van der Waals surface area contributed by atoms with Gasteiger partial charge in [-0.3, -0.25) is 4.79 Å². The fraction of sp³-hybridized carbons (Fsp3) is 0.929. The maximum Gasteiger partial charge on any atom is 0.223 e. The summed E-state index contributed by atoms with van der Waals surface area (Å²) in [5.74, 6) is 2.08. The smallest absolute Gasteiger partial charge is 0.223 e. The van der Waals surface area contributed by atoms with Crippen LogP contribution in [0.25, 0.3) is 0 Å². The van der Waals surface area contributed by atoms with E-state index >= 15 is 0 Å². The molecule has 0 aliphatic heterocycles. The molecule has 2 atom stereocenters. The predicted octanol–water partition coefficient (Wildman–Crippen LogP) is 2.23. The van der Waals surface area contributed by atoms with Crippen molar-refractivity contribution in [2.75, 3.05) is 0 Å². The molecule has 4 heteroatoms. The van der Waals surface area contributed by atoms with E-state index < -0.39 is 0 Å². The van der Waals surface area contributed by atoms with Crippen LogP contribution in [0.4, 0.5) is 0 Å². The Balaban J connectivity index is 0.00000120. The van der Waals surface area contributed by atoms with Gasteiger partial charge in [-0.2, -0.15) is 0 Å². The normalized spacial score (nSPS) is 31.9. The van der Waals surface area contributed by atoms with Crippen molar-refractivity contribution in [1.82, 2.24) is 5.32 Å². The van der Waals surface area contributed by atoms with E-state index in [1.54, 1.807) is 0 Å². The third-order valence-electron chi connectivity index (χ3n) is 4.65. The maximum atomic E-state index is 12.3. The zero-order valence-corrected chi connectivity index (χ0v) is 11.8. The summed E-state index contributed by atoms with van der Waals surface area (Å²) in [4.78, 5) is 12.3. The molecular weight excluding hydrogens is 248 g/mol. The van der Waals surface area contributed by atoms with Crippen LogP contribution in [0.2, 0.25) is 0 Å². The maximum absolute atomic E-state index is 12.3. The van der Waals surface area contributed by atoms with E-state index in [1.807, 2.05) is 0 Å². The van der Waals surface area contributed by atoms with Crippen LogP contribution in [-0.4, -0.2) is 18.0 Å². The lowest BCUT2D eigenvalue weighted by Gasteiger charge is -2.28. The fourth-order valence-corrected chi connectivity index (χ4v) is 3.28. The number of hydrogen-bond donors (Lipinski definition) is 2. The minimum Gasteiger partial charge on any atom is -0.353 e. The van der Waals surface area contributed by atoms with Crippen molar-refractivity contribution in [3.05, 3.63) is 0 Å². The van der Waals surface area contributed by atoms with E-state index in [1.165, 1.54) is 25.7 Å². The molecule has 0 aromatic heterocycles. The second-order valence-corrected chi connectivity index (χ2v) is 6.33. The summed E-state index contributed by atoms with van der Waals surface area (Å²) in [7, 11) is 0. The molecule has 3 aliphatic carbocycles. The second kappa shape index (κ2) is 5.79. The summed E-state index contributed by atoms with van der Waals surface area (Å²) in [5, 5.41) is 3.34. The SMILES string of the molecule is Cl.NC1CCCC(C(=O)NC(C2CC2)C2CC2)C1. The van der Waals surface area contributed by atoms with Gasteiger partial charge >= 0.3 is 0 Å². The minimum atomic E-state index is 0. The van der Waals surface area contributed by atoms with Gasteiger partial charge in [0.05, 0.1) is 0 Å². The first-order valence-electron chi connectivity index (χ1n) is 7.30. The molecule has 3 saturated carbocycles. The summed E-state index contributed by atoms with van der Waals surface area (Å²) in [6, 6.07) is 0.750. The lowest BCUT2D eigenvalue weighted by Crippen LogP contribution is -2.44. The number of nitrogens with one attached hydrogen (secondary N) is 1. The third-order valence-corrected chi connectivity index (χ3v) is 4.65. The third kappa shape index (κ3) is 3.39. The fourth-order valence-electron chi connectivity index (χ4n) is 3.28. The molecule has 1 amide bonds. The van der Waals surface area contributed by atoms with Crippen LogP contribution in [-0.2, 0) is 4.79 Å². The first-order chi connectivity index (χ1) is 8.24. The zero-order chi connectivity index (χ0) is 11.8. The molecule has 0 bridgehead atoms. The van der Waals surface area contributed by atoms with Crippen LogP contribution >= 0.6 is 12.4 Å². The van der Waals surface area contributed by atoms with E-state index in [9.17, 15) is 4.79 Å². The largest absolute Gasteiger partial charge is 0.353 e. The van der Waals surface area contributed by atoms with Crippen molar-refractivity contribution in [2.24, 2.45) is 23.5 Å². The molecular formula is C14H25ClN2O. The molecule has 104 valence electrons. The molecule has 3 fully saturated rings. The van der Waals surface area contributed by atoms with Crippen LogP contribution in [0, 0.1) is 17.8 Å². The van der Waals surface area contributed by atoms with Crippen molar-refractivity contribution in [3.63, 3.8) is 0 Å². The Morgan fingerprint density at radius 2 is 1.67 bits per heavy atom. The van der Waals surface area contributed by atoms with Gasteiger partial charge in [-0.25, -0.2) is 0 Å². The van der Waals surface area contributed by atoms with Crippen molar-refractivity contribution >= 4 is 18.3 Å². The molecule has 18 heavy (non-hydrogen) atoms. The Labute approximate surface area is 116 Å². The lowest BCUT2D eigenvalue weighted by molar-refractivity contribution is -0.127.